The average molecular weight is 1110 g/mol. The van der Waals surface area contributed by atoms with Gasteiger partial charge < -0.3 is 14.2 Å². The van der Waals surface area contributed by atoms with Gasteiger partial charge in [-0.05, 0) is 128 Å². The normalized spacial score (nSPS) is 12.8. The first-order valence-corrected chi connectivity index (χ1v) is 33.9. The van der Waals surface area contributed by atoms with Crippen molar-refractivity contribution in [3.63, 3.8) is 0 Å². The summed E-state index contributed by atoms with van der Waals surface area (Å²) < 4.78 is 16.9. The van der Waals surface area contributed by atoms with Gasteiger partial charge in [-0.2, -0.15) is 0 Å². The molecule has 80 heavy (non-hydrogen) atoms. The number of hydrogen-bond acceptors (Lipinski definition) is 6. The Bertz CT molecular complexity index is 1610. The van der Waals surface area contributed by atoms with Gasteiger partial charge in [0.05, 0.1) is 0 Å². The van der Waals surface area contributed by atoms with E-state index in [9.17, 15) is 14.4 Å². The first-order chi connectivity index (χ1) is 39.5. The number of hydrogen-bond donors (Lipinski definition) is 0. The summed E-state index contributed by atoms with van der Waals surface area (Å²) in [4.78, 5) is 38.3. The molecule has 458 valence electrons. The molecule has 0 radical (unpaired) electrons. The zero-order valence-electron chi connectivity index (χ0n) is 52.6. The molecule has 0 aromatic rings. The molecule has 0 aromatic carbocycles. The van der Waals surface area contributed by atoms with Gasteiger partial charge in [0.2, 0.25) is 0 Å². The molecule has 0 amide bonds. The van der Waals surface area contributed by atoms with Crippen LogP contribution in [0.1, 0.15) is 323 Å². The fourth-order valence-corrected chi connectivity index (χ4v) is 9.41. The third-order valence-electron chi connectivity index (χ3n) is 14.5. The van der Waals surface area contributed by atoms with Gasteiger partial charge in [-0.15, -0.1) is 0 Å². The maximum atomic E-state index is 12.9. The van der Waals surface area contributed by atoms with Crippen molar-refractivity contribution in [2.24, 2.45) is 0 Å². The fraction of sp³-hybridized carbons (Fsp3) is 0.716. The molecule has 0 saturated heterocycles. The molecule has 0 N–H and O–H groups in total. The van der Waals surface area contributed by atoms with Crippen LogP contribution >= 0.6 is 0 Å². The van der Waals surface area contributed by atoms with Crippen LogP contribution in [-0.4, -0.2) is 37.2 Å². The lowest BCUT2D eigenvalue weighted by Gasteiger charge is -2.18. The molecule has 0 spiro atoms. The van der Waals surface area contributed by atoms with Gasteiger partial charge in [0.1, 0.15) is 13.2 Å². The van der Waals surface area contributed by atoms with Gasteiger partial charge in [0.25, 0.3) is 0 Å². The van der Waals surface area contributed by atoms with E-state index in [2.05, 4.69) is 130 Å². The maximum Gasteiger partial charge on any atom is 0.306 e. The molecule has 0 bridgehead atoms. The first kappa shape index (κ1) is 76.1. The standard InChI is InChI=1S/C74H126O6/c1-4-7-10-13-16-19-22-25-27-29-31-32-33-34-35-36-37-38-39-40-41-42-44-45-47-49-52-55-58-61-64-67-73(76)79-70-71(69-78-72(75)66-63-60-57-54-51-24-21-18-15-12-9-6-3)80-74(77)68-65-62-59-56-53-50-48-46-43-30-28-26-23-20-17-14-11-8-5-2/h7,10,16-21,25-28,31-32,34-35,43,46,71H,4-6,8-9,11-15,22-24,29-30,33,36-42,44-45,47-70H2,1-3H3/b10-7-,19-16-,20-17-,21-18-,27-25-,28-26-,32-31-,35-34-,46-43-. The summed E-state index contributed by atoms with van der Waals surface area (Å²) in [5.41, 5.74) is 0. The van der Waals surface area contributed by atoms with E-state index in [1.807, 2.05) is 0 Å². The number of allylic oxidation sites excluding steroid dienone is 18. The minimum Gasteiger partial charge on any atom is -0.462 e. The minimum atomic E-state index is -0.790. The Morgan fingerprint density at radius 3 is 0.775 bits per heavy atom. The Morgan fingerprint density at radius 1 is 0.263 bits per heavy atom. The lowest BCUT2D eigenvalue weighted by atomic mass is 10.0. The predicted octanol–water partition coefficient (Wildman–Crippen LogP) is 23.4. The van der Waals surface area contributed by atoms with E-state index in [0.717, 1.165) is 122 Å². The summed E-state index contributed by atoms with van der Waals surface area (Å²) in [6.07, 6.45) is 92.5. The molecule has 0 fully saturated rings. The number of unbranched alkanes of at least 4 members (excludes halogenated alkanes) is 32. The number of rotatable bonds is 61. The molecule has 1 atom stereocenters. The second-order valence-electron chi connectivity index (χ2n) is 22.3. The topological polar surface area (TPSA) is 78.9 Å². The van der Waals surface area contributed by atoms with Crippen LogP contribution in [-0.2, 0) is 28.6 Å². The molecule has 0 saturated carbocycles. The van der Waals surface area contributed by atoms with Crippen molar-refractivity contribution in [2.75, 3.05) is 13.2 Å². The van der Waals surface area contributed by atoms with Crippen molar-refractivity contribution in [3.8, 4) is 0 Å². The second kappa shape index (κ2) is 67.6. The van der Waals surface area contributed by atoms with E-state index >= 15 is 0 Å². The zero-order valence-corrected chi connectivity index (χ0v) is 52.6. The van der Waals surface area contributed by atoms with E-state index < -0.39 is 6.10 Å². The van der Waals surface area contributed by atoms with Crippen molar-refractivity contribution in [3.05, 3.63) is 109 Å². The highest BCUT2D eigenvalue weighted by molar-refractivity contribution is 5.71. The summed E-state index contributed by atoms with van der Waals surface area (Å²) in [5, 5.41) is 0. The molecule has 0 aromatic heterocycles. The van der Waals surface area contributed by atoms with Crippen LogP contribution in [0.5, 0.6) is 0 Å². The smallest absolute Gasteiger partial charge is 0.306 e. The highest BCUT2D eigenvalue weighted by Crippen LogP contribution is 2.16. The van der Waals surface area contributed by atoms with Crippen LogP contribution < -0.4 is 0 Å². The number of ether oxygens (including phenoxy) is 3. The Kier molecular flexibility index (Phi) is 64.3. The lowest BCUT2D eigenvalue weighted by Crippen LogP contribution is -2.30. The summed E-state index contributed by atoms with van der Waals surface area (Å²) in [7, 11) is 0. The third-order valence-corrected chi connectivity index (χ3v) is 14.5. The summed E-state index contributed by atoms with van der Waals surface area (Å²) in [6.45, 7) is 6.48. The summed E-state index contributed by atoms with van der Waals surface area (Å²) >= 11 is 0. The number of esters is 3. The van der Waals surface area contributed by atoms with Gasteiger partial charge in [-0.25, -0.2) is 0 Å². The van der Waals surface area contributed by atoms with Crippen LogP contribution in [0, 0.1) is 0 Å². The summed E-state index contributed by atoms with van der Waals surface area (Å²) in [5.74, 6) is -0.897. The first-order valence-electron chi connectivity index (χ1n) is 33.9. The Labute approximate surface area is 495 Å². The number of carbonyl (C=O) groups is 3. The third kappa shape index (κ3) is 64.9. The van der Waals surface area contributed by atoms with Crippen LogP contribution in [0.4, 0.5) is 0 Å². The predicted molar refractivity (Wildman–Crippen MR) is 348 cm³/mol. The molecule has 0 heterocycles. The average Bonchev–Trinajstić information content (AvgIpc) is 3.46. The van der Waals surface area contributed by atoms with Gasteiger partial charge in [0, 0.05) is 19.3 Å². The molecule has 6 heteroatoms. The quantitative estimate of drug-likeness (QED) is 0.0261. The van der Waals surface area contributed by atoms with Crippen molar-refractivity contribution >= 4 is 17.9 Å². The Hall–Kier alpha value is -3.93. The molecule has 0 rings (SSSR count). The van der Waals surface area contributed by atoms with E-state index in [1.165, 1.54) is 161 Å². The van der Waals surface area contributed by atoms with Crippen molar-refractivity contribution in [2.45, 2.75) is 329 Å². The SMILES string of the molecule is CC/C=C\C/C=C\C/C=C\C/C=C\C/C=C\CCCCCCCCCCCCCCCCCC(=O)OCC(COC(=O)CCCCCCC/C=C\CCCCC)OC(=O)CCCCCCCC/C=C\C/C=C\C/C=C\CCCCC. The van der Waals surface area contributed by atoms with Gasteiger partial charge >= 0.3 is 17.9 Å². The minimum absolute atomic E-state index is 0.0847. The molecule has 0 aliphatic rings. The Morgan fingerprint density at radius 2 is 0.487 bits per heavy atom. The second-order valence-corrected chi connectivity index (χ2v) is 22.3. The zero-order chi connectivity index (χ0) is 57.8. The monoisotopic (exact) mass is 1110 g/mol. The maximum absolute atomic E-state index is 12.9. The van der Waals surface area contributed by atoms with E-state index in [4.69, 9.17) is 14.2 Å². The van der Waals surface area contributed by atoms with Gasteiger partial charge in [-0.1, -0.05) is 284 Å². The van der Waals surface area contributed by atoms with Crippen molar-refractivity contribution in [1.82, 2.24) is 0 Å². The van der Waals surface area contributed by atoms with E-state index in [1.54, 1.807) is 0 Å². The molecular weight excluding hydrogens is 985 g/mol. The van der Waals surface area contributed by atoms with Crippen LogP contribution in [0.2, 0.25) is 0 Å². The number of carbonyl (C=O) groups excluding carboxylic acids is 3. The van der Waals surface area contributed by atoms with Crippen LogP contribution in [0.25, 0.3) is 0 Å². The molecule has 0 aliphatic heterocycles. The van der Waals surface area contributed by atoms with Crippen LogP contribution in [0.3, 0.4) is 0 Å². The highest BCUT2D eigenvalue weighted by atomic mass is 16.6. The van der Waals surface area contributed by atoms with Crippen molar-refractivity contribution in [1.29, 1.82) is 0 Å². The van der Waals surface area contributed by atoms with E-state index in [0.29, 0.717) is 19.3 Å². The fourth-order valence-electron chi connectivity index (χ4n) is 9.41. The lowest BCUT2D eigenvalue weighted by molar-refractivity contribution is -0.167. The summed E-state index contributed by atoms with van der Waals surface area (Å²) in [6, 6.07) is 0. The van der Waals surface area contributed by atoms with E-state index in [-0.39, 0.29) is 31.1 Å². The van der Waals surface area contributed by atoms with Gasteiger partial charge in [0.15, 0.2) is 6.10 Å². The molecule has 6 nitrogen and oxygen atoms in total. The molecular formula is C74H126O6. The van der Waals surface area contributed by atoms with Crippen LogP contribution in [0.15, 0.2) is 109 Å². The molecule has 0 aliphatic carbocycles. The van der Waals surface area contributed by atoms with Gasteiger partial charge in [-0.3, -0.25) is 14.4 Å². The van der Waals surface area contributed by atoms with Crippen molar-refractivity contribution < 1.29 is 28.6 Å². The highest BCUT2D eigenvalue weighted by Gasteiger charge is 2.19. The largest absolute Gasteiger partial charge is 0.462 e. The molecule has 1 unspecified atom stereocenters. The Balaban J connectivity index is 4.23.